The lowest BCUT2D eigenvalue weighted by Crippen LogP contribution is -2.50. The van der Waals surface area contributed by atoms with Crippen LogP contribution >= 0.6 is 0 Å². The highest BCUT2D eigenvalue weighted by atomic mass is 16.5. The van der Waals surface area contributed by atoms with Gasteiger partial charge in [0.1, 0.15) is 6.04 Å². The van der Waals surface area contributed by atoms with E-state index in [0.717, 1.165) is 0 Å². The first-order valence-electron chi connectivity index (χ1n) is 6.45. The van der Waals surface area contributed by atoms with Crippen molar-refractivity contribution in [3.8, 4) is 0 Å². The van der Waals surface area contributed by atoms with Crippen LogP contribution in [0, 0.1) is 0 Å². The molecule has 8 nitrogen and oxygen atoms in total. The van der Waals surface area contributed by atoms with Crippen LogP contribution < -0.4 is 11.1 Å². The Bertz CT molecular complexity index is 507. The Morgan fingerprint density at radius 1 is 1.45 bits per heavy atom. The number of nitrogens with zero attached hydrogens (tertiary/aromatic N) is 3. The second-order valence-corrected chi connectivity index (χ2v) is 4.74. The maximum Gasteiger partial charge on any atom is 0.274 e. The van der Waals surface area contributed by atoms with Gasteiger partial charge in [-0.3, -0.25) is 14.3 Å². The summed E-state index contributed by atoms with van der Waals surface area (Å²) in [6.07, 6.45) is 1.55. The van der Waals surface area contributed by atoms with Crippen LogP contribution in [0.2, 0.25) is 0 Å². The van der Waals surface area contributed by atoms with Gasteiger partial charge in [-0.05, 0) is 6.92 Å². The number of nitrogen functional groups attached to an aromatic ring is 1. The average molecular weight is 281 g/mol. The van der Waals surface area contributed by atoms with Crippen molar-refractivity contribution < 1.29 is 14.3 Å². The summed E-state index contributed by atoms with van der Waals surface area (Å²) < 4.78 is 6.65. The van der Waals surface area contributed by atoms with Crippen molar-refractivity contribution in [2.45, 2.75) is 13.0 Å². The molecule has 1 aromatic rings. The van der Waals surface area contributed by atoms with Gasteiger partial charge >= 0.3 is 0 Å². The molecule has 1 atom stereocenters. The summed E-state index contributed by atoms with van der Waals surface area (Å²) in [5.41, 5.74) is 6.10. The first-order valence-corrected chi connectivity index (χ1v) is 6.45. The highest BCUT2D eigenvalue weighted by Crippen LogP contribution is 2.08. The molecular weight excluding hydrogens is 262 g/mol. The molecule has 1 aliphatic heterocycles. The fourth-order valence-electron chi connectivity index (χ4n) is 2.07. The van der Waals surface area contributed by atoms with Gasteiger partial charge in [-0.15, -0.1) is 0 Å². The van der Waals surface area contributed by atoms with Crippen LogP contribution in [0.5, 0.6) is 0 Å². The second-order valence-electron chi connectivity index (χ2n) is 4.74. The Morgan fingerprint density at radius 2 is 2.10 bits per heavy atom. The number of amides is 2. The summed E-state index contributed by atoms with van der Waals surface area (Å²) in [7, 11) is 1.68. The molecule has 8 heteroatoms. The first kappa shape index (κ1) is 14.3. The zero-order chi connectivity index (χ0) is 14.7. The van der Waals surface area contributed by atoms with E-state index in [2.05, 4.69) is 10.4 Å². The van der Waals surface area contributed by atoms with E-state index in [1.807, 2.05) is 0 Å². The third-order valence-electron chi connectivity index (χ3n) is 3.11. The van der Waals surface area contributed by atoms with Crippen molar-refractivity contribution in [1.29, 1.82) is 0 Å². The molecule has 0 radical (unpaired) electrons. The van der Waals surface area contributed by atoms with E-state index < -0.39 is 11.9 Å². The number of nitrogens with two attached hydrogens (primary N) is 1. The molecule has 1 fully saturated rings. The molecule has 2 amide bonds. The van der Waals surface area contributed by atoms with Crippen LogP contribution in [0.4, 0.5) is 5.69 Å². The molecule has 110 valence electrons. The van der Waals surface area contributed by atoms with Crippen molar-refractivity contribution >= 4 is 17.5 Å². The summed E-state index contributed by atoms with van der Waals surface area (Å²) in [5, 5.41) is 6.59. The number of carbonyl (C=O) groups is 2. The Balaban J connectivity index is 1.96. The standard InChI is InChI=1S/C12H19N5O3/c1-8(12(19)17-3-5-20-6-4-17)14-11(18)10-9(13)7-16(2)15-10/h7-8H,3-6,13H2,1-2H3,(H,14,18). The van der Waals surface area contributed by atoms with Gasteiger partial charge < -0.3 is 20.7 Å². The van der Waals surface area contributed by atoms with Gasteiger partial charge in [0.15, 0.2) is 5.69 Å². The molecule has 1 aromatic heterocycles. The number of ether oxygens (including phenoxy) is 1. The number of rotatable bonds is 3. The predicted octanol–water partition coefficient (Wildman–Crippen LogP) is -1.02. The van der Waals surface area contributed by atoms with Crippen molar-refractivity contribution in [3.63, 3.8) is 0 Å². The zero-order valence-corrected chi connectivity index (χ0v) is 11.6. The molecule has 20 heavy (non-hydrogen) atoms. The number of hydrogen-bond donors (Lipinski definition) is 2. The molecule has 0 bridgehead atoms. The fraction of sp³-hybridized carbons (Fsp3) is 0.583. The van der Waals surface area contributed by atoms with Gasteiger partial charge in [0.05, 0.1) is 18.9 Å². The number of nitrogens with one attached hydrogen (secondary N) is 1. The number of morpholine rings is 1. The zero-order valence-electron chi connectivity index (χ0n) is 11.6. The highest BCUT2D eigenvalue weighted by Gasteiger charge is 2.25. The van der Waals surface area contributed by atoms with E-state index >= 15 is 0 Å². The van der Waals surface area contributed by atoms with Crippen LogP contribution in [0.3, 0.4) is 0 Å². The van der Waals surface area contributed by atoms with Gasteiger partial charge in [-0.1, -0.05) is 0 Å². The number of carbonyl (C=O) groups excluding carboxylic acids is 2. The SMILES string of the molecule is CC(NC(=O)c1nn(C)cc1N)C(=O)N1CCOCC1. The molecule has 3 N–H and O–H groups in total. The number of anilines is 1. The fourth-order valence-corrected chi connectivity index (χ4v) is 2.07. The number of aromatic nitrogens is 2. The second kappa shape index (κ2) is 5.91. The predicted molar refractivity (Wildman–Crippen MR) is 71.9 cm³/mol. The monoisotopic (exact) mass is 281 g/mol. The van der Waals surface area contributed by atoms with E-state index in [1.165, 1.54) is 4.68 Å². The molecule has 0 saturated carbocycles. The highest BCUT2D eigenvalue weighted by molar-refractivity contribution is 5.99. The molecule has 0 aliphatic carbocycles. The van der Waals surface area contributed by atoms with Crippen LogP contribution in [0.15, 0.2) is 6.20 Å². The maximum atomic E-state index is 12.2. The number of aryl methyl sites for hydroxylation is 1. The number of hydrogen-bond acceptors (Lipinski definition) is 5. The van der Waals surface area contributed by atoms with Crippen molar-refractivity contribution in [3.05, 3.63) is 11.9 Å². The molecular formula is C12H19N5O3. The first-order chi connectivity index (χ1) is 9.49. The lowest BCUT2D eigenvalue weighted by molar-refractivity contribution is -0.136. The van der Waals surface area contributed by atoms with E-state index in [1.54, 1.807) is 25.1 Å². The molecule has 1 aliphatic rings. The van der Waals surface area contributed by atoms with E-state index in [9.17, 15) is 9.59 Å². The van der Waals surface area contributed by atoms with Gasteiger partial charge in [0.2, 0.25) is 5.91 Å². The van der Waals surface area contributed by atoms with Gasteiger partial charge in [0, 0.05) is 26.3 Å². The van der Waals surface area contributed by atoms with Crippen LogP contribution in [-0.4, -0.2) is 58.8 Å². The Kier molecular flexibility index (Phi) is 4.23. The minimum Gasteiger partial charge on any atom is -0.396 e. The average Bonchev–Trinajstić information content (AvgIpc) is 2.78. The Morgan fingerprint density at radius 3 is 2.65 bits per heavy atom. The van der Waals surface area contributed by atoms with Crippen LogP contribution in [-0.2, 0) is 16.6 Å². The smallest absolute Gasteiger partial charge is 0.274 e. The molecule has 1 saturated heterocycles. The lowest BCUT2D eigenvalue weighted by atomic mass is 10.2. The molecule has 2 rings (SSSR count). The van der Waals surface area contributed by atoms with Crippen molar-refractivity contribution in [2.75, 3.05) is 32.0 Å². The molecule has 0 aromatic carbocycles. The van der Waals surface area contributed by atoms with Gasteiger partial charge in [0.25, 0.3) is 5.91 Å². The lowest BCUT2D eigenvalue weighted by Gasteiger charge is -2.29. The van der Waals surface area contributed by atoms with Gasteiger partial charge in [-0.2, -0.15) is 5.10 Å². The van der Waals surface area contributed by atoms with Crippen LogP contribution in [0.1, 0.15) is 17.4 Å². The van der Waals surface area contributed by atoms with Crippen molar-refractivity contribution in [2.24, 2.45) is 7.05 Å². The Labute approximate surface area is 116 Å². The maximum absolute atomic E-state index is 12.2. The van der Waals surface area contributed by atoms with E-state index in [0.29, 0.717) is 26.3 Å². The molecule has 1 unspecified atom stereocenters. The van der Waals surface area contributed by atoms with Crippen LogP contribution in [0.25, 0.3) is 0 Å². The third-order valence-corrected chi connectivity index (χ3v) is 3.11. The summed E-state index contributed by atoms with van der Waals surface area (Å²) in [6, 6.07) is -0.623. The Hall–Kier alpha value is -2.09. The largest absolute Gasteiger partial charge is 0.396 e. The third kappa shape index (κ3) is 3.08. The van der Waals surface area contributed by atoms with E-state index in [4.69, 9.17) is 10.5 Å². The minimum atomic E-state index is -0.623. The summed E-state index contributed by atoms with van der Waals surface area (Å²) >= 11 is 0. The molecule has 2 heterocycles. The summed E-state index contributed by atoms with van der Waals surface area (Å²) in [6.45, 7) is 3.80. The van der Waals surface area contributed by atoms with Gasteiger partial charge in [-0.25, -0.2) is 0 Å². The van der Waals surface area contributed by atoms with E-state index in [-0.39, 0.29) is 17.3 Å². The van der Waals surface area contributed by atoms with Crippen molar-refractivity contribution in [1.82, 2.24) is 20.0 Å². The minimum absolute atomic E-state index is 0.129. The summed E-state index contributed by atoms with van der Waals surface area (Å²) in [5.74, 6) is -0.576. The quantitative estimate of drug-likeness (QED) is 0.738. The summed E-state index contributed by atoms with van der Waals surface area (Å²) in [4.78, 5) is 25.8. The topological polar surface area (TPSA) is 102 Å². The normalized spacial score (nSPS) is 16.8. The molecule has 0 spiro atoms.